The highest BCUT2D eigenvalue weighted by Crippen LogP contribution is 2.25. The fraction of sp³-hybridized carbons (Fsp3) is 0.0667. The first kappa shape index (κ1) is 13.1. The van der Waals surface area contributed by atoms with Crippen molar-refractivity contribution in [2.45, 2.75) is 6.54 Å². The summed E-state index contributed by atoms with van der Waals surface area (Å²) >= 11 is 0. The van der Waals surface area contributed by atoms with Gasteiger partial charge in [0.25, 0.3) is 0 Å². The molecule has 1 aromatic carbocycles. The molecule has 5 nitrogen and oxygen atoms in total. The van der Waals surface area contributed by atoms with Crippen molar-refractivity contribution in [3.8, 4) is 17.0 Å². The van der Waals surface area contributed by atoms with Crippen molar-refractivity contribution in [1.29, 1.82) is 0 Å². The number of pyridine rings is 1. The van der Waals surface area contributed by atoms with Crippen LogP contribution in [0.3, 0.4) is 0 Å². The van der Waals surface area contributed by atoms with E-state index in [0.717, 1.165) is 17.3 Å². The standard InChI is InChI=1S/C15H13FN4O/c16-11-4-3-10(14(21)8-11)9-18-15-12(2-1-6-17-15)13-5-7-19-20-13/h1-8,21H,9H2,(H,17,18)(H,19,20). The maximum absolute atomic E-state index is 13.0. The molecule has 0 amide bonds. The van der Waals surface area contributed by atoms with Gasteiger partial charge < -0.3 is 10.4 Å². The van der Waals surface area contributed by atoms with Crippen LogP contribution in [0.4, 0.5) is 10.2 Å². The molecule has 2 heterocycles. The predicted octanol–water partition coefficient (Wildman–Crippen LogP) is 2.93. The van der Waals surface area contributed by atoms with Gasteiger partial charge in [0.1, 0.15) is 17.4 Å². The molecule has 0 unspecified atom stereocenters. The van der Waals surface area contributed by atoms with E-state index in [1.165, 1.54) is 12.1 Å². The van der Waals surface area contributed by atoms with Gasteiger partial charge in [-0.1, -0.05) is 6.07 Å². The van der Waals surface area contributed by atoms with Crippen LogP contribution >= 0.6 is 0 Å². The Bertz CT molecular complexity index is 743. The molecule has 3 rings (SSSR count). The summed E-state index contributed by atoms with van der Waals surface area (Å²) in [5.41, 5.74) is 2.21. The molecule has 0 fully saturated rings. The summed E-state index contributed by atoms with van der Waals surface area (Å²) in [6.45, 7) is 0.334. The van der Waals surface area contributed by atoms with E-state index >= 15 is 0 Å². The van der Waals surface area contributed by atoms with E-state index in [4.69, 9.17) is 0 Å². The summed E-state index contributed by atoms with van der Waals surface area (Å²) in [5.74, 6) is 0.0966. The minimum Gasteiger partial charge on any atom is -0.507 e. The molecule has 6 heteroatoms. The highest BCUT2D eigenvalue weighted by atomic mass is 19.1. The Labute approximate surface area is 120 Å². The Morgan fingerprint density at radius 3 is 2.90 bits per heavy atom. The van der Waals surface area contributed by atoms with Crippen LogP contribution in [-0.4, -0.2) is 20.3 Å². The lowest BCUT2D eigenvalue weighted by Crippen LogP contribution is -2.03. The molecule has 0 aliphatic rings. The number of rotatable bonds is 4. The van der Waals surface area contributed by atoms with Gasteiger partial charge in [-0.3, -0.25) is 5.10 Å². The largest absolute Gasteiger partial charge is 0.507 e. The van der Waals surface area contributed by atoms with E-state index in [-0.39, 0.29) is 5.75 Å². The molecular weight excluding hydrogens is 271 g/mol. The molecule has 3 N–H and O–H groups in total. The minimum absolute atomic E-state index is 0.0836. The second-order valence-corrected chi connectivity index (χ2v) is 4.49. The monoisotopic (exact) mass is 284 g/mol. The summed E-state index contributed by atoms with van der Waals surface area (Å²) in [7, 11) is 0. The Morgan fingerprint density at radius 2 is 2.14 bits per heavy atom. The van der Waals surface area contributed by atoms with Crippen molar-refractivity contribution in [3.63, 3.8) is 0 Å². The number of nitrogens with zero attached hydrogens (tertiary/aromatic N) is 2. The number of phenolic OH excluding ortho intramolecular Hbond substituents is 1. The maximum atomic E-state index is 13.0. The van der Waals surface area contributed by atoms with E-state index in [0.29, 0.717) is 17.9 Å². The number of halogens is 1. The van der Waals surface area contributed by atoms with Crippen molar-refractivity contribution in [2.24, 2.45) is 0 Å². The number of benzene rings is 1. The zero-order valence-electron chi connectivity index (χ0n) is 11.0. The highest BCUT2D eigenvalue weighted by Gasteiger charge is 2.09. The van der Waals surface area contributed by atoms with Crippen LogP contribution < -0.4 is 5.32 Å². The van der Waals surface area contributed by atoms with Crippen LogP contribution in [0, 0.1) is 5.82 Å². The minimum atomic E-state index is -0.466. The molecule has 2 aromatic heterocycles. The van der Waals surface area contributed by atoms with Crippen molar-refractivity contribution in [2.75, 3.05) is 5.32 Å². The van der Waals surface area contributed by atoms with E-state index in [2.05, 4.69) is 20.5 Å². The van der Waals surface area contributed by atoms with Gasteiger partial charge in [0.2, 0.25) is 0 Å². The summed E-state index contributed by atoms with van der Waals surface area (Å²) < 4.78 is 13.0. The summed E-state index contributed by atoms with van der Waals surface area (Å²) in [4.78, 5) is 4.28. The summed E-state index contributed by atoms with van der Waals surface area (Å²) in [6, 6.07) is 9.50. The highest BCUT2D eigenvalue weighted by molar-refractivity contribution is 5.72. The van der Waals surface area contributed by atoms with Gasteiger partial charge in [0, 0.05) is 36.1 Å². The summed E-state index contributed by atoms with van der Waals surface area (Å²) in [5, 5.41) is 19.7. The third-order valence-electron chi connectivity index (χ3n) is 3.08. The van der Waals surface area contributed by atoms with Crippen LogP contribution in [0.2, 0.25) is 0 Å². The van der Waals surface area contributed by atoms with Gasteiger partial charge in [-0.25, -0.2) is 9.37 Å². The molecule has 3 aromatic rings. The van der Waals surface area contributed by atoms with E-state index in [1.807, 2.05) is 18.2 Å². The third kappa shape index (κ3) is 2.84. The molecular formula is C15H13FN4O. The average molecular weight is 284 g/mol. The van der Waals surface area contributed by atoms with Gasteiger partial charge in [0.15, 0.2) is 0 Å². The molecule has 0 bridgehead atoms. The number of hydrogen-bond donors (Lipinski definition) is 3. The first-order valence-corrected chi connectivity index (χ1v) is 6.40. The molecule has 0 aliphatic heterocycles. The van der Waals surface area contributed by atoms with Crippen molar-refractivity contribution in [3.05, 3.63) is 60.2 Å². The number of hydrogen-bond acceptors (Lipinski definition) is 4. The van der Waals surface area contributed by atoms with Gasteiger partial charge in [-0.15, -0.1) is 0 Å². The van der Waals surface area contributed by atoms with E-state index in [1.54, 1.807) is 12.4 Å². The number of aromatic hydroxyl groups is 1. The predicted molar refractivity (Wildman–Crippen MR) is 77.2 cm³/mol. The van der Waals surface area contributed by atoms with Crippen LogP contribution in [0.1, 0.15) is 5.56 Å². The SMILES string of the molecule is Oc1cc(F)ccc1CNc1ncccc1-c1cc[nH]n1. The molecule has 0 saturated carbocycles. The fourth-order valence-electron chi connectivity index (χ4n) is 2.03. The van der Waals surface area contributed by atoms with Gasteiger partial charge >= 0.3 is 0 Å². The molecule has 0 aliphatic carbocycles. The smallest absolute Gasteiger partial charge is 0.135 e. The van der Waals surface area contributed by atoms with Crippen LogP contribution in [0.15, 0.2) is 48.8 Å². The number of nitrogens with one attached hydrogen (secondary N) is 2. The second-order valence-electron chi connectivity index (χ2n) is 4.49. The van der Waals surface area contributed by atoms with Gasteiger partial charge in [-0.2, -0.15) is 5.10 Å². The second kappa shape index (κ2) is 5.62. The van der Waals surface area contributed by atoms with Gasteiger partial charge in [-0.05, 0) is 24.3 Å². The van der Waals surface area contributed by atoms with Crippen molar-refractivity contribution in [1.82, 2.24) is 15.2 Å². The molecule has 0 atom stereocenters. The van der Waals surface area contributed by atoms with E-state index < -0.39 is 5.82 Å². The van der Waals surface area contributed by atoms with Crippen LogP contribution in [0.25, 0.3) is 11.3 Å². The quantitative estimate of drug-likeness (QED) is 0.688. The lowest BCUT2D eigenvalue weighted by atomic mass is 10.1. The first-order valence-electron chi connectivity index (χ1n) is 6.40. The van der Waals surface area contributed by atoms with Crippen molar-refractivity contribution < 1.29 is 9.50 Å². The van der Waals surface area contributed by atoms with Crippen LogP contribution in [-0.2, 0) is 6.54 Å². The van der Waals surface area contributed by atoms with Gasteiger partial charge in [0.05, 0.1) is 5.69 Å². The number of anilines is 1. The van der Waals surface area contributed by atoms with Crippen LogP contribution in [0.5, 0.6) is 5.75 Å². The Hall–Kier alpha value is -2.89. The molecule has 21 heavy (non-hydrogen) atoms. The fourth-order valence-corrected chi connectivity index (χ4v) is 2.03. The van der Waals surface area contributed by atoms with Crippen molar-refractivity contribution >= 4 is 5.82 Å². The zero-order valence-corrected chi connectivity index (χ0v) is 11.0. The Balaban J connectivity index is 1.83. The zero-order chi connectivity index (χ0) is 14.7. The Kier molecular flexibility index (Phi) is 3.51. The summed E-state index contributed by atoms with van der Waals surface area (Å²) in [6.07, 6.45) is 3.40. The number of aromatic amines is 1. The lowest BCUT2D eigenvalue weighted by Gasteiger charge is -2.10. The lowest BCUT2D eigenvalue weighted by molar-refractivity contribution is 0.463. The Morgan fingerprint density at radius 1 is 1.24 bits per heavy atom. The molecule has 0 spiro atoms. The third-order valence-corrected chi connectivity index (χ3v) is 3.08. The molecule has 106 valence electrons. The number of phenols is 1. The number of aromatic nitrogens is 3. The topological polar surface area (TPSA) is 73.8 Å². The average Bonchev–Trinajstić information content (AvgIpc) is 3.01. The first-order chi connectivity index (χ1) is 10.2. The number of H-pyrrole nitrogens is 1. The normalized spacial score (nSPS) is 10.5. The molecule has 0 radical (unpaired) electrons. The van der Waals surface area contributed by atoms with E-state index in [9.17, 15) is 9.50 Å². The maximum Gasteiger partial charge on any atom is 0.135 e. The molecule has 0 saturated heterocycles.